The standard InChI is InChI=1S/C13H23N3/c1-4-5-6-9-16(3)11-13-10-12(14-2)7-8-15-13/h7-8,10H,4-6,9,11H2,1-3H3,(H,14,15). The number of nitrogens with one attached hydrogen (secondary N) is 1. The van der Waals surface area contributed by atoms with Crippen molar-refractivity contribution in [1.82, 2.24) is 9.88 Å². The van der Waals surface area contributed by atoms with E-state index in [4.69, 9.17) is 0 Å². The van der Waals surface area contributed by atoms with Crippen LogP contribution in [0.1, 0.15) is 31.9 Å². The van der Waals surface area contributed by atoms with E-state index < -0.39 is 0 Å². The summed E-state index contributed by atoms with van der Waals surface area (Å²) in [5, 5.41) is 3.13. The molecule has 3 heteroatoms. The van der Waals surface area contributed by atoms with Crippen LogP contribution in [0.5, 0.6) is 0 Å². The number of nitrogens with zero attached hydrogens (tertiary/aromatic N) is 2. The molecule has 0 spiro atoms. The Morgan fingerprint density at radius 3 is 2.88 bits per heavy atom. The lowest BCUT2D eigenvalue weighted by Gasteiger charge is -2.16. The van der Waals surface area contributed by atoms with E-state index in [9.17, 15) is 0 Å². The lowest BCUT2D eigenvalue weighted by atomic mass is 10.2. The van der Waals surface area contributed by atoms with Gasteiger partial charge in [0.25, 0.3) is 0 Å². The van der Waals surface area contributed by atoms with Gasteiger partial charge in [0.15, 0.2) is 0 Å². The molecule has 1 heterocycles. The lowest BCUT2D eigenvalue weighted by Crippen LogP contribution is -2.19. The lowest BCUT2D eigenvalue weighted by molar-refractivity contribution is 0.314. The van der Waals surface area contributed by atoms with Gasteiger partial charge in [-0.25, -0.2) is 0 Å². The summed E-state index contributed by atoms with van der Waals surface area (Å²) >= 11 is 0. The smallest absolute Gasteiger partial charge is 0.0564 e. The second-order valence-electron chi connectivity index (χ2n) is 4.23. The van der Waals surface area contributed by atoms with E-state index in [1.165, 1.54) is 19.3 Å². The monoisotopic (exact) mass is 221 g/mol. The molecular formula is C13H23N3. The number of anilines is 1. The second kappa shape index (κ2) is 7.23. The van der Waals surface area contributed by atoms with Gasteiger partial charge in [-0.3, -0.25) is 4.98 Å². The van der Waals surface area contributed by atoms with E-state index in [-0.39, 0.29) is 0 Å². The summed E-state index contributed by atoms with van der Waals surface area (Å²) in [6.45, 7) is 4.32. The molecule has 90 valence electrons. The molecule has 0 fully saturated rings. The summed E-state index contributed by atoms with van der Waals surface area (Å²) in [6.07, 6.45) is 5.73. The molecule has 1 aromatic heterocycles. The third-order valence-electron chi connectivity index (χ3n) is 2.68. The minimum atomic E-state index is 0.930. The SMILES string of the molecule is CCCCCN(C)Cc1cc(NC)ccn1. The highest BCUT2D eigenvalue weighted by atomic mass is 15.1. The molecular weight excluding hydrogens is 198 g/mol. The van der Waals surface area contributed by atoms with Crippen molar-refractivity contribution in [2.24, 2.45) is 0 Å². The van der Waals surface area contributed by atoms with E-state index in [2.05, 4.69) is 35.2 Å². The molecule has 0 bridgehead atoms. The highest BCUT2D eigenvalue weighted by molar-refractivity contribution is 5.42. The van der Waals surface area contributed by atoms with Crippen LogP contribution in [-0.4, -0.2) is 30.5 Å². The van der Waals surface area contributed by atoms with Crippen molar-refractivity contribution < 1.29 is 0 Å². The largest absolute Gasteiger partial charge is 0.388 e. The molecule has 0 aliphatic heterocycles. The quantitative estimate of drug-likeness (QED) is 0.718. The summed E-state index contributed by atoms with van der Waals surface area (Å²) in [5.41, 5.74) is 2.26. The third kappa shape index (κ3) is 4.62. The molecule has 3 nitrogen and oxygen atoms in total. The zero-order valence-electron chi connectivity index (χ0n) is 10.7. The molecule has 16 heavy (non-hydrogen) atoms. The van der Waals surface area contributed by atoms with E-state index in [1.807, 2.05) is 19.3 Å². The Kier molecular flexibility index (Phi) is 5.86. The first-order valence-electron chi connectivity index (χ1n) is 6.07. The number of unbranched alkanes of at least 4 members (excludes halogenated alkanes) is 2. The summed E-state index contributed by atoms with van der Waals surface area (Å²) < 4.78 is 0. The van der Waals surface area contributed by atoms with Crippen molar-refractivity contribution in [1.29, 1.82) is 0 Å². The maximum absolute atomic E-state index is 4.37. The van der Waals surface area contributed by atoms with Gasteiger partial charge in [0.2, 0.25) is 0 Å². The number of aromatic nitrogens is 1. The fourth-order valence-corrected chi connectivity index (χ4v) is 1.71. The molecule has 0 aliphatic rings. The Hall–Kier alpha value is -1.09. The normalized spacial score (nSPS) is 10.8. The van der Waals surface area contributed by atoms with Crippen LogP contribution in [-0.2, 0) is 6.54 Å². The van der Waals surface area contributed by atoms with Crippen molar-refractivity contribution in [3.05, 3.63) is 24.0 Å². The van der Waals surface area contributed by atoms with Crippen molar-refractivity contribution in [3.8, 4) is 0 Å². The Morgan fingerprint density at radius 1 is 1.38 bits per heavy atom. The topological polar surface area (TPSA) is 28.2 Å². The number of hydrogen-bond donors (Lipinski definition) is 1. The summed E-state index contributed by atoms with van der Waals surface area (Å²) in [6, 6.07) is 4.09. The van der Waals surface area contributed by atoms with Crippen molar-refractivity contribution in [2.45, 2.75) is 32.7 Å². The molecule has 0 saturated carbocycles. The molecule has 1 N–H and O–H groups in total. The second-order valence-corrected chi connectivity index (χ2v) is 4.23. The maximum atomic E-state index is 4.37. The molecule has 1 aromatic rings. The Balaban J connectivity index is 2.39. The predicted molar refractivity (Wildman–Crippen MR) is 69.6 cm³/mol. The van der Waals surface area contributed by atoms with Crippen LogP contribution in [0.15, 0.2) is 18.3 Å². The summed E-state index contributed by atoms with van der Waals surface area (Å²) in [5.74, 6) is 0. The predicted octanol–water partition coefficient (Wildman–Crippen LogP) is 2.75. The van der Waals surface area contributed by atoms with E-state index >= 15 is 0 Å². The average molecular weight is 221 g/mol. The Morgan fingerprint density at radius 2 is 2.19 bits per heavy atom. The molecule has 0 aliphatic carbocycles. The summed E-state index contributed by atoms with van der Waals surface area (Å²) in [4.78, 5) is 6.70. The highest BCUT2D eigenvalue weighted by Crippen LogP contribution is 2.09. The van der Waals surface area contributed by atoms with Crippen LogP contribution < -0.4 is 5.32 Å². The first-order chi connectivity index (χ1) is 7.76. The van der Waals surface area contributed by atoms with Crippen LogP contribution in [0.2, 0.25) is 0 Å². The minimum absolute atomic E-state index is 0.930. The first-order valence-corrected chi connectivity index (χ1v) is 6.07. The van der Waals surface area contributed by atoms with Gasteiger partial charge in [-0.2, -0.15) is 0 Å². The number of rotatable bonds is 7. The molecule has 0 saturated heterocycles. The van der Waals surface area contributed by atoms with Crippen LogP contribution in [0.4, 0.5) is 5.69 Å². The van der Waals surface area contributed by atoms with Crippen molar-refractivity contribution in [2.75, 3.05) is 26.0 Å². The van der Waals surface area contributed by atoms with Crippen LogP contribution >= 0.6 is 0 Å². The number of pyridine rings is 1. The number of hydrogen-bond acceptors (Lipinski definition) is 3. The zero-order valence-corrected chi connectivity index (χ0v) is 10.7. The van der Waals surface area contributed by atoms with Crippen molar-refractivity contribution in [3.63, 3.8) is 0 Å². The average Bonchev–Trinajstić information content (AvgIpc) is 2.29. The van der Waals surface area contributed by atoms with Gasteiger partial charge in [-0.15, -0.1) is 0 Å². The Bertz CT molecular complexity index is 299. The van der Waals surface area contributed by atoms with Crippen molar-refractivity contribution >= 4 is 5.69 Å². The van der Waals surface area contributed by atoms with Gasteiger partial charge in [-0.1, -0.05) is 19.8 Å². The van der Waals surface area contributed by atoms with Gasteiger partial charge in [-0.05, 0) is 32.1 Å². The molecule has 0 radical (unpaired) electrons. The Labute approximate surface area is 98.9 Å². The third-order valence-corrected chi connectivity index (χ3v) is 2.68. The molecule has 0 amide bonds. The van der Waals surface area contributed by atoms with Gasteiger partial charge >= 0.3 is 0 Å². The van der Waals surface area contributed by atoms with Crippen LogP contribution in [0.3, 0.4) is 0 Å². The molecule has 0 atom stereocenters. The summed E-state index contributed by atoms with van der Waals surface area (Å²) in [7, 11) is 4.09. The molecule has 1 rings (SSSR count). The van der Waals surface area contributed by atoms with Gasteiger partial charge in [0.1, 0.15) is 0 Å². The van der Waals surface area contributed by atoms with Gasteiger partial charge < -0.3 is 10.2 Å². The van der Waals surface area contributed by atoms with Crippen LogP contribution in [0.25, 0.3) is 0 Å². The van der Waals surface area contributed by atoms with Crippen LogP contribution in [0, 0.1) is 0 Å². The zero-order chi connectivity index (χ0) is 11.8. The molecule has 0 unspecified atom stereocenters. The van der Waals surface area contributed by atoms with Gasteiger partial charge in [0.05, 0.1) is 5.69 Å². The van der Waals surface area contributed by atoms with E-state index in [1.54, 1.807) is 0 Å². The van der Waals surface area contributed by atoms with Gasteiger partial charge in [0, 0.05) is 25.5 Å². The minimum Gasteiger partial charge on any atom is -0.388 e. The fourth-order valence-electron chi connectivity index (χ4n) is 1.71. The first kappa shape index (κ1) is 13.0. The highest BCUT2D eigenvalue weighted by Gasteiger charge is 2.01. The van der Waals surface area contributed by atoms with E-state index in [0.29, 0.717) is 0 Å². The van der Waals surface area contributed by atoms with E-state index in [0.717, 1.165) is 24.5 Å². The maximum Gasteiger partial charge on any atom is 0.0564 e. The fraction of sp³-hybridized carbons (Fsp3) is 0.615. The molecule has 0 aromatic carbocycles.